The van der Waals surface area contributed by atoms with Crippen molar-refractivity contribution in [3.05, 3.63) is 70.8 Å². The normalized spacial score (nSPS) is 11.7. The summed E-state index contributed by atoms with van der Waals surface area (Å²) < 4.78 is 18.2. The van der Waals surface area contributed by atoms with Gasteiger partial charge in [-0.1, -0.05) is 28.9 Å². The Morgan fingerprint density at radius 1 is 1.08 bits per heavy atom. The SMILES string of the molecule is CC(C)(NCc1noc(-c2ccc(F)cc2)n1)c1ccc(Cl)cc1. The first-order valence-corrected chi connectivity index (χ1v) is 7.91. The maximum atomic E-state index is 13.0. The second-order valence-electron chi connectivity index (χ2n) is 6.01. The Labute approximate surface area is 144 Å². The first-order valence-electron chi connectivity index (χ1n) is 7.54. The fraction of sp³-hybridized carbons (Fsp3) is 0.222. The van der Waals surface area contributed by atoms with E-state index in [-0.39, 0.29) is 11.4 Å². The van der Waals surface area contributed by atoms with Crippen LogP contribution >= 0.6 is 11.6 Å². The molecule has 1 N–H and O–H groups in total. The van der Waals surface area contributed by atoms with Crippen molar-refractivity contribution in [2.45, 2.75) is 25.9 Å². The van der Waals surface area contributed by atoms with Crippen LogP contribution in [0.25, 0.3) is 11.5 Å². The molecular formula is C18H17ClFN3O. The molecule has 6 heteroatoms. The van der Waals surface area contributed by atoms with Gasteiger partial charge in [0.1, 0.15) is 5.82 Å². The van der Waals surface area contributed by atoms with Crippen LogP contribution < -0.4 is 5.32 Å². The van der Waals surface area contributed by atoms with Crippen LogP contribution in [0.2, 0.25) is 5.02 Å². The zero-order valence-electron chi connectivity index (χ0n) is 13.4. The average molecular weight is 346 g/mol. The summed E-state index contributed by atoms with van der Waals surface area (Å²) in [5.74, 6) is 0.609. The average Bonchev–Trinajstić information content (AvgIpc) is 3.03. The van der Waals surface area contributed by atoms with E-state index < -0.39 is 0 Å². The minimum absolute atomic E-state index is 0.277. The number of nitrogens with one attached hydrogen (secondary N) is 1. The van der Waals surface area contributed by atoms with Crippen molar-refractivity contribution in [3.8, 4) is 11.5 Å². The fourth-order valence-corrected chi connectivity index (χ4v) is 2.43. The predicted octanol–water partition coefficient (Wildman–Crippen LogP) is 4.55. The first kappa shape index (κ1) is 16.6. The molecule has 0 radical (unpaired) electrons. The van der Waals surface area contributed by atoms with Crippen LogP contribution in [0.4, 0.5) is 4.39 Å². The summed E-state index contributed by atoms with van der Waals surface area (Å²) in [6.45, 7) is 4.58. The van der Waals surface area contributed by atoms with E-state index in [1.165, 1.54) is 12.1 Å². The van der Waals surface area contributed by atoms with Gasteiger partial charge < -0.3 is 9.84 Å². The number of benzene rings is 2. The van der Waals surface area contributed by atoms with E-state index in [0.29, 0.717) is 28.8 Å². The molecule has 0 bridgehead atoms. The number of hydrogen-bond donors (Lipinski definition) is 1. The molecule has 0 atom stereocenters. The van der Waals surface area contributed by atoms with Crippen molar-refractivity contribution in [1.82, 2.24) is 15.5 Å². The highest BCUT2D eigenvalue weighted by Crippen LogP contribution is 2.23. The standard InChI is InChI=1S/C18H17ClFN3O/c1-18(2,13-5-7-14(19)8-6-13)21-11-16-22-17(24-23-16)12-3-9-15(20)10-4-12/h3-10,21H,11H2,1-2H3. The van der Waals surface area contributed by atoms with E-state index in [0.717, 1.165) is 5.56 Å². The zero-order valence-corrected chi connectivity index (χ0v) is 14.1. The molecule has 4 nitrogen and oxygen atoms in total. The van der Waals surface area contributed by atoms with Crippen LogP contribution in [-0.4, -0.2) is 10.1 Å². The second-order valence-corrected chi connectivity index (χ2v) is 6.44. The van der Waals surface area contributed by atoms with Crippen molar-refractivity contribution in [1.29, 1.82) is 0 Å². The lowest BCUT2D eigenvalue weighted by Crippen LogP contribution is -2.36. The van der Waals surface area contributed by atoms with Gasteiger partial charge in [0, 0.05) is 16.1 Å². The van der Waals surface area contributed by atoms with Crippen molar-refractivity contribution < 1.29 is 8.91 Å². The first-order chi connectivity index (χ1) is 11.4. The Kier molecular flexibility index (Phi) is 4.64. The lowest BCUT2D eigenvalue weighted by atomic mass is 9.94. The van der Waals surface area contributed by atoms with Crippen LogP contribution in [0.15, 0.2) is 53.1 Å². The molecule has 24 heavy (non-hydrogen) atoms. The van der Waals surface area contributed by atoms with Crippen LogP contribution in [0, 0.1) is 5.82 Å². The summed E-state index contributed by atoms with van der Waals surface area (Å²) in [7, 11) is 0. The van der Waals surface area contributed by atoms with Gasteiger partial charge in [-0.3, -0.25) is 0 Å². The Balaban J connectivity index is 1.68. The van der Waals surface area contributed by atoms with E-state index in [2.05, 4.69) is 29.3 Å². The minimum Gasteiger partial charge on any atom is -0.334 e. The number of halogens is 2. The van der Waals surface area contributed by atoms with E-state index in [1.807, 2.05) is 24.3 Å². The Morgan fingerprint density at radius 3 is 2.42 bits per heavy atom. The summed E-state index contributed by atoms with van der Waals surface area (Å²) in [6, 6.07) is 13.6. The molecule has 3 aromatic rings. The summed E-state index contributed by atoms with van der Waals surface area (Å²) >= 11 is 5.93. The van der Waals surface area contributed by atoms with Gasteiger partial charge in [0.15, 0.2) is 5.82 Å². The maximum Gasteiger partial charge on any atom is 0.257 e. The highest BCUT2D eigenvalue weighted by Gasteiger charge is 2.20. The molecule has 1 aromatic heterocycles. The fourth-order valence-electron chi connectivity index (χ4n) is 2.30. The molecule has 1 heterocycles. The van der Waals surface area contributed by atoms with Gasteiger partial charge >= 0.3 is 0 Å². The summed E-state index contributed by atoms with van der Waals surface area (Å²) in [5, 5.41) is 8.06. The third-order valence-corrected chi connectivity index (χ3v) is 4.07. The van der Waals surface area contributed by atoms with Crippen LogP contribution in [0.5, 0.6) is 0 Å². The van der Waals surface area contributed by atoms with Gasteiger partial charge in [-0.2, -0.15) is 4.98 Å². The van der Waals surface area contributed by atoms with Gasteiger partial charge in [-0.25, -0.2) is 4.39 Å². The van der Waals surface area contributed by atoms with Gasteiger partial charge in [0.05, 0.1) is 6.54 Å². The van der Waals surface area contributed by atoms with E-state index >= 15 is 0 Å². The third-order valence-electron chi connectivity index (χ3n) is 3.81. The molecule has 0 aliphatic rings. The zero-order chi connectivity index (χ0) is 17.2. The second kappa shape index (κ2) is 6.71. The van der Waals surface area contributed by atoms with Crippen molar-refractivity contribution in [2.24, 2.45) is 0 Å². The van der Waals surface area contributed by atoms with Crippen LogP contribution in [0.3, 0.4) is 0 Å². The molecule has 0 saturated carbocycles. The van der Waals surface area contributed by atoms with Crippen LogP contribution in [-0.2, 0) is 12.1 Å². The van der Waals surface area contributed by atoms with Gasteiger partial charge in [-0.15, -0.1) is 0 Å². The van der Waals surface area contributed by atoms with E-state index in [9.17, 15) is 4.39 Å². The Morgan fingerprint density at radius 2 is 1.75 bits per heavy atom. The molecule has 0 spiro atoms. The minimum atomic E-state index is -0.301. The van der Waals surface area contributed by atoms with Gasteiger partial charge in [0.25, 0.3) is 5.89 Å². The third kappa shape index (κ3) is 3.80. The molecule has 3 rings (SSSR count). The number of hydrogen-bond acceptors (Lipinski definition) is 4. The summed E-state index contributed by atoms with van der Waals surface area (Å²) in [5.41, 5.74) is 1.52. The summed E-state index contributed by atoms with van der Waals surface area (Å²) in [4.78, 5) is 4.34. The van der Waals surface area contributed by atoms with Crippen molar-refractivity contribution >= 4 is 11.6 Å². The van der Waals surface area contributed by atoms with Crippen molar-refractivity contribution in [3.63, 3.8) is 0 Å². The quantitative estimate of drug-likeness (QED) is 0.736. The van der Waals surface area contributed by atoms with Gasteiger partial charge in [0.2, 0.25) is 0 Å². The molecule has 0 saturated heterocycles. The topological polar surface area (TPSA) is 51.0 Å². The summed E-state index contributed by atoms with van der Waals surface area (Å²) in [6.07, 6.45) is 0. The van der Waals surface area contributed by atoms with Gasteiger partial charge in [-0.05, 0) is 55.8 Å². The highest BCUT2D eigenvalue weighted by molar-refractivity contribution is 6.30. The molecular weight excluding hydrogens is 329 g/mol. The Bertz CT molecular complexity index is 813. The van der Waals surface area contributed by atoms with E-state index in [4.69, 9.17) is 16.1 Å². The van der Waals surface area contributed by atoms with Crippen molar-refractivity contribution in [2.75, 3.05) is 0 Å². The molecule has 0 aliphatic carbocycles. The predicted molar refractivity (Wildman–Crippen MR) is 91.0 cm³/mol. The molecule has 124 valence electrons. The lowest BCUT2D eigenvalue weighted by Gasteiger charge is -2.26. The lowest BCUT2D eigenvalue weighted by molar-refractivity contribution is 0.378. The molecule has 0 amide bonds. The smallest absolute Gasteiger partial charge is 0.257 e. The van der Waals surface area contributed by atoms with Crippen LogP contribution in [0.1, 0.15) is 25.2 Å². The number of rotatable bonds is 5. The largest absolute Gasteiger partial charge is 0.334 e. The molecule has 0 unspecified atom stereocenters. The number of nitrogens with zero attached hydrogens (tertiary/aromatic N) is 2. The highest BCUT2D eigenvalue weighted by atomic mass is 35.5. The molecule has 2 aromatic carbocycles. The molecule has 0 aliphatic heterocycles. The monoisotopic (exact) mass is 345 g/mol. The maximum absolute atomic E-state index is 13.0. The molecule has 0 fully saturated rings. The van der Waals surface area contributed by atoms with E-state index in [1.54, 1.807) is 12.1 Å². The number of aromatic nitrogens is 2. The Hall–Kier alpha value is -2.24.